The van der Waals surface area contributed by atoms with Crippen molar-refractivity contribution in [1.29, 1.82) is 0 Å². The minimum absolute atomic E-state index is 0.0138. The van der Waals surface area contributed by atoms with Gasteiger partial charge in [0, 0.05) is 25.6 Å². The zero-order valence-electron chi connectivity index (χ0n) is 18.4. The van der Waals surface area contributed by atoms with E-state index < -0.39 is 17.2 Å². The fraction of sp³-hybridized carbons (Fsp3) is 0.409. The maximum Gasteiger partial charge on any atom is 0.332 e. The number of methoxy groups -OCH3 is 1. The minimum atomic E-state index is -0.638. The van der Waals surface area contributed by atoms with Crippen molar-refractivity contribution in [3.63, 3.8) is 0 Å². The van der Waals surface area contributed by atoms with Gasteiger partial charge >= 0.3 is 5.69 Å². The van der Waals surface area contributed by atoms with Crippen molar-refractivity contribution in [2.75, 3.05) is 31.4 Å². The number of aromatic nitrogens is 2. The quantitative estimate of drug-likeness (QED) is 0.590. The van der Waals surface area contributed by atoms with E-state index in [0.717, 1.165) is 11.0 Å². The normalized spacial score (nSPS) is 15.8. The molecular weight excluding hydrogens is 416 g/mol. The second kappa shape index (κ2) is 10.2. The van der Waals surface area contributed by atoms with E-state index in [1.807, 2.05) is 0 Å². The van der Waals surface area contributed by atoms with Gasteiger partial charge in [0.25, 0.3) is 5.56 Å². The Hall–Kier alpha value is -3.53. The number of nitrogens with one attached hydrogen (secondary N) is 1. The second-order valence-electron chi connectivity index (χ2n) is 7.17. The highest BCUT2D eigenvalue weighted by atomic mass is 16.6. The zero-order chi connectivity index (χ0) is 23.3. The number of carbonyl (C=O) groups excluding carboxylic acids is 1. The van der Waals surface area contributed by atoms with Crippen LogP contribution in [0, 0.1) is 0 Å². The Bertz CT molecular complexity index is 1130. The minimum Gasteiger partial charge on any atom is -0.493 e. The number of amides is 1. The van der Waals surface area contributed by atoms with Gasteiger partial charge in [0.2, 0.25) is 5.91 Å². The van der Waals surface area contributed by atoms with Gasteiger partial charge in [0.1, 0.15) is 17.6 Å². The summed E-state index contributed by atoms with van der Waals surface area (Å²) in [6, 6.07) is 5.29. The Morgan fingerprint density at radius 2 is 2.00 bits per heavy atom. The maximum atomic E-state index is 12.6. The van der Waals surface area contributed by atoms with Crippen molar-refractivity contribution < 1.29 is 19.0 Å². The number of hydrogen-bond acceptors (Lipinski definition) is 7. The van der Waals surface area contributed by atoms with Gasteiger partial charge in [-0.15, -0.1) is 0 Å². The first-order valence-corrected chi connectivity index (χ1v) is 10.4. The third-order valence-electron chi connectivity index (χ3n) is 5.14. The lowest BCUT2D eigenvalue weighted by Crippen LogP contribution is -2.42. The summed E-state index contributed by atoms with van der Waals surface area (Å²) < 4.78 is 18.9. The van der Waals surface area contributed by atoms with Crippen LogP contribution in [-0.4, -0.2) is 41.5 Å². The number of benzene rings is 1. The summed E-state index contributed by atoms with van der Waals surface area (Å²) >= 11 is 0. The van der Waals surface area contributed by atoms with Gasteiger partial charge in [-0.2, -0.15) is 0 Å². The van der Waals surface area contributed by atoms with Crippen LogP contribution in [0.25, 0.3) is 6.08 Å². The molecule has 0 radical (unpaired) electrons. The van der Waals surface area contributed by atoms with Gasteiger partial charge < -0.3 is 25.3 Å². The van der Waals surface area contributed by atoms with E-state index >= 15 is 0 Å². The first kappa shape index (κ1) is 23.1. The van der Waals surface area contributed by atoms with E-state index in [1.165, 1.54) is 17.8 Å². The fourth-order valence-electron chi connectivity index (χ4n) is 3.42. The van der Waals surface area contributed by atoms with Crippen molar-refractivity contribution >= 4 is 23.5 Å². The number of carbonyl (C=O) groups is 1. The molecule has 0 spiro atoms. The van der Waals surface area contributed by atoms with Crippen molar-refractivity contribution in [2.45, 2.75) is 39.5 Å². The first-order valence-electron chi connectivity index (χ1n) is 10.4. The highest BCUT2D eigenvalue weighted by Gasteiger charge is 2.19. The molecule has 1 fully saturated rings. The summed E-state index contributed by atoms with van der Waals surface area (Å²) in [5.74, 6) is 0.497. The average molecular weight is 444 g/mol. The standard InChI is InChI=1S/C22H28N4O6/c1-4-25-20(23)19(21(28)26(5-2)22(25)29)24-18(27)9-7-14-6-8-16(17(12-14)30-3)32-15-10-11-31-13-15/h6-9,12,15H,4-5,10-11,13,23H2,1-3H3,(H,24,27)/b9-7+/t15-/m1/s1. The topological polar surface area (TPSA) is 127 Å². The Labute approximate surface area is 185 Å². The molecule has 3 rings (SSSR count). The highest BCUT2D eigenvalue weighted by molar-refractivity contribution is 6.03. The van der Waals surface area contributed by atoms with Crippen LogP contribution in [-0.2, 0) is 22.6 Å². The largest absolute Gasteiger partial charge is 0.493 e. The summed E-state index contributed by atoms with van der Waals surface area (Å²) in [6.45, 7) is 5.05. The van der Waals surface area contributed by atoms with E-state index in [4.69, 9.17) is 19.9 Å². The second-order valence-corrected chi connectivity index (χ2v) is 7.17. The van der Waals surface area contributed by atoms with Crippen LogP contribution in [0.2, 0.25) is 0 Å². The van der Waals surface area contributed by atoms with Crippen molar-refractivity contribution in [3.8, 4) is 11.5 Å². The molecule has 3 N–H and O–H groups in total. The van der Waals surface area contributed by atoms with E-state index in [2.05, 4.69) is 5.32 Å². The van der Waals surface area contributed by atoms with E-state index in [0.29, 0.717) is 30.3 Å². The summed E-state index contributed by atoms with van der Waals surface area (Å²) in [6.07, 6.45) is 3.65. The molecule has 1 aliphatic rings. The van der Waals surface area contributed by atoms with Crippen LogP contribution in [0.4, 0.5) is 11.5 Å². The molecule has 172 valence electrons. The van der Waals surface area contributed by atoms with Crippen molar-refractivity contribution in [1.82, 2.24) is 9.13 Å². The van der Waals surface area contributed by atoms with Gasteiger partial charge in [-0.1, -0.05) is 6.07 Å². The Balaban J connectivity index is 1.78. The zero-order valence-corrected chi connectivity index (χ0v) is 18.4. The number of hydrogen-bond donors (Lipinski definition) is 2. The van der Waals surface area contributed by atoms with E-state index in [1.54, 1.807) is 38.1 Å². The number of nitrogens with two attached hydrogens (primary N) is 1. The molecule has 10 heteroatoms. The monoisotopic (exact) mass is 444 g/mol. The molecule has 0 aliphatic carbocycles. The molecular formula is C22H28N4O6. The molecule has 1 atom stereocenters. The number of anilines is 2. The number of ether oxygens (including phenoxy) is 3. The Kier molecular flexibility index (Phi) is 7.37. The van der Waals surface area contributed by atoms with Crippen molar-refractivity contribution in [2.24, 2.45) is 0 Å². The molecule has 2 heterocycles. The predicted molar refractivity (Wildman–Crippen MR) is 121 cm³/mol. The first-order chi connectivity index (χ1) is 15.4. The van der Waals surface area contributed by atoms with Gasteiger partial charge in [-0.05, 0) is 37.6 Å². The molecule has 1 aliphatic heterocycles. The smallest absolute Gasteiger partial charge is 0.332 e. The SMILES string of the molecule is CCn1c(N)c(NC(=O)/C=C/c2ccc(O[C@@H]3CCOC3)c(OC)c2)c(=O)n(CC)c1=O. The Morgan fingerprint density at radius 1 is 1.25 bits per heavy atom. The number of nitrogens with zero attached hydrogens (tertiary/aromatic N) is 2. The van der Waals surface area contributed by atoms with E-state index in [9.17, 15) is 14.4 Å². The lowest BCUT2D eigenvalue weighted by atomic mass is 10.2. The fourth-order valence-corrected chi connectivity index (χ4v) is 3.42. The number of nitrogen functional groups attached to an aromatic ring is 1. The van der Waals surface area contributed by atoms with Crippen LogP contribution in [0.15, 0.2) is 33.9 Å². The third kappa shape index (κ3) is 4.86. The van der Waals surface area contributed by atoms with Gasteiger partial charge in [-0.3, -0.25) is 18.7 Å². The van der Waals surface area contributed by atoms with Crippen molar-refractivity contribution in [3.05, 3.63) is 50.7 Å². The molecule has 0 bridgehead atoms. The van der Waals surface area contributed by atoms with Gasteiger partial charge in [-0.25, -0.2) is 4.79 Å². The van der Waals surface area contributed by atoms with E-state index in [-0.39, 0.29) is 30.7 Å². The van der Waals surface area contributed by atoms with Gasteiger partial charge in [0.15, 0.2) is 11.5 Å². The van der Waals surface area contributed by atoms with Crippen LogP contribution < -0.4 is 31.8 Å². The van der Waals surface area contributed by atoms with Crippen LogP contribution in [0.3, 0.4) is 0 Å². The lowest BCUT2D eigenvalue weighted by Gasteiger charge is -2.15. The lowest BCUT2D eigenvalue weighted by molar-refractivity contribution is -0.111. The predicted octanol–water partition coefficient (Wildman–Crippen LogP) is 1.46. The third-order valence-corrected chi connectivity index (χ3v) is 5.14. The summed E-state index contributed by atoms with van der Waals surface area (Å²) in [7, 11) is 1.54. The van der Waals surface area contributed by atoms with Gasteiger partial charge in [0.05, 0.1) is 20.3 Å². The molecule has 0 unspecified atom stereocenters. The highest BCUT2D eigenvalue weighted by Crippen LogP contribution is 2.30. The Morgan fingerprint density at radius 3 is 2.62 bits per heavy atom. The molecule has 32 heavy (non-hydrogen) atoms. The summed E-state index contributed by atoms with van der Waals surface area (Å²) in [5, 5.41) is 2.50. The molecule has 0 saturated carbocycles. The average Bonchev–Trinajstić information content (AvgIpc) is 3.29. The molecule has 10 nitrogen and oxygen atoms in total. The molecule has 1 aromatic heterocycles. The molecule has 1 saturated heterocycles. The molecule has 1 aromatic carbocycles. The molecule has 1 amide bonds. The molecule has 2 aromatic rings. The van der Waals surface area contributed by atoms with Crippen LogP contribution in [0.1, 0.15) is 25.8 Å². The summed E-state index contributed by atoms with van der Waals surface area (Å²) in [4.78, 5) is 37.3. The maximum absolute atomic E-state index is 12.6. The van der Waals surface area contributed by atoms with Crippen LogP contribution >= 0.6 is 0 Å². The van der Waals surface area contributed by atoms with Crippen LogP contribution in [0.5, 0.6) is 11.5 Å². The number of rotatable bonds is 8. The summed E-state index contributed by atoms with van der Waals surface area (Å²) in [5.41, 5.74) is 5.40.